The van der Waals surface area contributed by atoms with Gasteiger partial charge in [-0.3, -0.25) is 0 Å². The van der Waals surface area contributed by atoms with Crippen molar-refractivity contribution in [3.63, 3.8) is 0 Å². The van der Waals surface area contributed by atoms with E-state index in [0.717, 1.165) is 12.4 Å². The highest BCUT2D eigenvalue weighted by molar-refractivity contribution is 5.43. The molecule has 0 atom stereocenters. The molecule has 0 saturated carbocycles. The van der Waals surface area contributed by atoms with Crippen molar-refractivity contribution in [3.8, 4) is 0 Å². The number of unbranched alkanes of at least 4 members (excludes halogenated alkanes) is 17. The SMILES string of the molecule is CCCCCCCCCCCCCCCCCCCc1cccnc1NCCCC. The largest absolute Gasteiger partial charge is 0.370 e. The van der Waals surface area contributed by atoms with Crippen molar-refractivity contribution in [2.45, 2.75) is 142 Å². The van der Waals surface area contributed by atoms with E-state index in [1.54, 1.807) is 0 Å². The number of aryl methyl sites for hydroxylation is 1. The molecule has 1 N–H and O–H groups in total. The van der Waals surface area contributed by atoms with Crippen molar-refractivity contribution in [3.05, 3.63) is 23.9 Å². The fourth-order valence-corrected chi connectivity index (χ4v) is 4.22. The second kappa shape index (κ2) is 21.2. The molecule has 0 aromatic carbocycles. The van der Waals surface area contributed by atoms with Crippen LogP contribution in [0.3, 0.4) is 0 Å². The molecule has 0 amide bonds. The smallest absolute Gasteiger partial charge is 0.129 e. The summed E-state index contributed by atoms with van der Waals surface area (Å²) in [6, 6.07) is 4.32. The highest BCUT2D eigenvalue weighted by atomic mass is 15.0. The van der Waals surface area contributed by atoms with E-state index in [-0.39, 0.29) is 0 Å². The quantitative estimate of drug-likeness (QED) is 0.190. The molecule has 2 heteroatoms. The lowest BCUT2D eigenvalue weighted by molar-refractivity contribution is 0.527. The number of anilines is 1. The van der Waals surface area contributed by atoms with Gasteiger partial charge in [-0.25, -0.2) is 4.98 Å². The van der Waals surface area contributed by atoms with E-state index >= 15 is 0 Å². The minimum Gasteiger partial charge on any atom is -0.370 e. The van der Waals surface area contributed by atoms with Crippen LogP contribution in [0.15, 0.2) is 18.3 Å². The average molecular weight is 417 g/mol. The van der Waals surface area contributed by atoms with Crippen LogP contribution < -0.4 is 5.32 Å². The second-order valence-electron chi connectivity index (χ2n) is 9.20. The third-order valence-electron chi connectivity index (χ3n) is 6.26. The van der Waals surface area contributed by atoms with Gasteiger partial charge in [-0.05, 0) is 30.9 Å². The van der Waals surface area contributed by atoms with Gasteiger partial charge in [-0.1, -0.05) is 129 Å². The molecule has 0 aliphatic rings. The number of hydrogen-bond acceptors (Lipinski definition) is 2. The molecule has 0 spiro atoms. The molecule has 2 nitrogen and oxygen atoms in total. The Hall–Kier alpha value is -1.05. The molecule has 0 fully saturated rings. The number of nitrogens with zero attached hydrogens (tertiary/aromatic N) is 1. The van der Waals surface area contributed by atoms with Crippen LogP contribution in [0.25, 0.3) is 0 Å². The molecule has 0 saturated heterocycles. The van der Waals surface area contributed by atoms with Gasteiger partial charge >= 0.3 is 0 Å². The van der Waals surface area contributed by atoms with Gasteiger partial charge in [0.25, 0.3) is 0 Å². The van der Waals surface area contributed by atoms with E-state index in [9.17, 15) is 0 Å². The summed E-state index contributed by atoms with van der Waals surface area (Å²) in [6.07, 6.45) is 29.9. The fourth-order valence-electron chi connectivity index (χ4n) is 4.22. The van der Waals surface area contributed by atoms with Crippen LogP contribution in [0.2, 0.25) is 0 Å². The molecule has 0 unspecified atom stereocenters. The normalized spacial score (nSPS) is 11.1. The predicted octanol–water partition coefficient (Wildman–Crippen LogP) is 9.49. The van der Waals surface area contributed by atoms with E-state index < -0.39 is 0 Å². The molecular formula is C28H52N2. The third kappa shape index (κ3) is 15.7. The van der Waals surface area contributed by atoms with Crippen molar-refractivity contribution in [2.24, 2.45) is 0 Å². The first kappa shape index (κ1) is 27.0. The number of hydrogen-bond donors (Lipinski definition) is 1. The number of aromatic nitrogens is 1. The fraction of sp³-hybridized carbons (Fsp3) is 0.821. The van der Waals surface area contributed by atoms with Gasteiger partial charge in [0.1, 0.15) is 5.82 Å². The van der Waals surface area contributed by atoms with E-state index in [4.69, 9.17) is 0 Å². The van der Waals surface area contributed by atoms with Crippen molar-refractivity contribution < 1.29 is 0 Å². The Bertz CT molecular complexity index is 471. The average Bonchev–Trinajstić information content (AvgIpc) is 2.77. The van der Waals surface area contributed by atoms with Crippen LogP contribution in [-0.4, -0.2) is 11.5 Å². The Morgan fingerprint density at radius 3 is 1.57 bits per heavy atom. The van der Waals surface area contributed by atoms with E-state index in [1.165, 1.54) is 134 Å². The Labute approximate surface area is 189 Å². The molecule has 0 radical (unpaired) electrons. The molecule has 1 heterocycles. The summed E-state index contributed by atoms with van der Waals surface area (Å²) < 4.78 is 0. The Morgan fingerprint density at radius 2 is 1.07 bits per heavy atom. The molecule has 0 aliphatic heterocycles. The zero-order chi connectivity index (χ0) is 21.5. The highest BCUT2D eigenvalue weighted by Crippen LogP contribution is 2.17. The summed E-state index contributed by atoms with van der Waals surface area (Å²) in [5, 5.41) is 3.51. The van der Waals surface area contributed by atoms with Crippen molar-refractivity contribution in [1.82, 2.24) is 4.98 Å². The maximum Gasteiger partial charge on any atom is 0.129 e. The maximum absolute atomic E-state index is 4.53. The van der Waals surface area contributed by atoms with Gasteiger partial charge in [0.15, 0.2) is 0 Å². The topological polar surface area (TPSA) is 24.9 Å². The summed E-state index contributed by atoms with van der Waals surface area (Å²) in [4.78, 5) is 4.53. The molecule has 30 heavy (non-hydrogen) atoms. The molecule has 174 valence electrons. The van der Waals surface area contributed by atoms with Gasteiger partial charge < -0.3 is 5.32 Å². The zero-order valence-corrected chi connectivity index (χ0v) is 20.5. The minimum absolute atomic E-state index is 1.04. The first-order valence-electron chi connectivity index (χ1n) is 13.6. The minimum atomic E-state index is 1.04. The molecule has 1 rings (SSSR count). The van der Waals surface area contributed by atoms with E-state index in [1.807, 2.05) is 6.20 Å². The first-order valence-corrected chi connectivity index (χ1v) is 13.6. The number of pyridine rings is 1. The van der Waals surface area contributed by atoms with Gasteiger partial charge in [0.2, 0.25) is 0 Å². The monoisotopic (exact) mass is 416 g/mol. The molecule has 1 aromatic rings. The lowest BCUT2D eigenvalue weighted by Crippen LogP contribution is -2.05. The Kier molecular flexibility index (Phi) is 19.1. The molecule has 0 aliphatic carbocycles. The summed E-state index contributed by atoms with van der Waals surface area (Å²) >= 11 is 0. The highest BCUT2D eigenvalue weighted by Gasteiger charge is 2.02. The van der Waals surface area contributed by atoms with E-state index in [0.29, 0.717) is 0 Å². The summed E-state index contributed by atoms with van der Waals surface area (Å²) in [5.74, 6) is 1.11. The summed E-state index contributed by atoms with van der Waals surface area (Å²) in [5.41, 5.74) is 1.40. The zero-order valence-electron chi connectivity index (χ0n) is 20.5. The second-order valence-corrected chi connectivity index (χ2v) is 9.20. The summed E-state index contributed by atoms with van der Waals surface area (Å²) in [6.45, 7) is 5.57. The number of rotatable bonds is 22. The lowest BCUT2D eigenvalue weighted by atomic mass is 10.0. The van der Waals surface area contributed by atoms with Crippen molar-refractivity contribution in [2.75, 3.05) is 11.9 Å². The van der Waals surface area contributed by atoms with E-state index in [2.05, 4.69) is 36.3 Å². The van der Waals surface area contributed by atoms with Gasteiger partial charge in [-0.2, -0.15) is 0 Å². The van der Waals surface area contributed by atoms with Crippen LogP contribution >= 0.6 is 0 Å². The summed E-state index contributed by atoms with van der Waals surface area (Å²) in [7, 11) is 0. The third-order valence-corrected chi connectivity index (χ3v) is 6.26. The Balaban J connectivity index is 1.86. The van der Waals surface area contributed by atoms with Crippen LogP contribution in [0.4, 0.5) is 5.82 Å². The maximum atomic E-state index is 4.53. The van der Waals surface area contributed by atoms with Gasteiger partial charge in [-0.15, -0.1) is 0 Å². The standard InChI is InChI=1S/C28H52N2/c1-3-5-7-8-9-10-11-12-13-14-15-16-17-18-19-20-21-23-27-24-22-26-30-28(27)29-25-6-4-2/h22,24,26H,3-21,23,25H2,1-2H3,(H,29,30). The number of nitrogens with one attached hydrogen (secondary N) is 1. The Morgan fingerprint density at radius 1 is 0.600 bits per heavy atom. The molecule has 0 bridgehead atoms. The van der Waals surface area contributed by atoms with Crippen molar-refractivity contribution in [1.29, 1.82) is 0 Å². The molecular weight excluding hydrogens is 364 g/mol. The first-order chi connectivity index (χ1) is 14.9. The van der Waals surface area contributed by atoms with Crippen LogP contribution in [0.1, 0.15) is 141 Å². The molecule has 1 aromatic heterocycles. The van der Waals surface area contributed by atoms with Gasteiger partial charge in [0.05, 0.1) is 0 Å². The van der Waals surface area contributed by atoms with Gasteiger partial charge in [0, 0.05) is 12.7 Å². The predicted molar refractivity (Wildman–Crippen MR) is 136 cm³/mol. The van der Waals surface area contributed by atoms with Crippen LogP contribution in [0, 0.1) is 0 Å². The van der Waals surface area contributed by atoms with Crippen LogP contribution in [-0.2, 0) is 6.42 Å². The van der Waals surface area contributed by atoms with Crippen LogP contribution in [0.5, 0.6) is 0 Å². The van der Waals surface area contributed by atoms with Crippen molar-refractivity contribution >= 4 is 5.82 Å². The lowest BCUT2D eigenvalue weighted by Gasteiger charge is -2.10.